The van der Waals surface area contributed by atoms with Crippen molar-refractivity contribution in [3.05, 3.63) is 34.3 Å². The van der Waals surface area contributed by atoms with E-state index >= 15 is 0 Å². The molecule has 2 unspecified atom stereocenters. The van der Waals surface area contributed by atoms with Crippen LogP contribution >= 0.6 is 11.6 Å². The van der Waals surface area contributed by atoms with Crippen LogP contribution in [0.25, 0.3) is 0 Å². The van der Waals surface area contributed by atoms with Gasteiger partial charge in [0.1, 0.15) is 0 Å². The van der Waals surface area contributed by atoms with Crippen molar-refractivity contribution in [1.82, 2.24) is 0 Å². The molecule has 0 saturated carbocycles. The highest BCUT2D eigenvalue weighted by Gasteiger charge is 2.22. The lowest BCUT2D eigenvalue weighted by atomic mass is 9.81. The van der Waals surface area contributed by atoms with Crippen LogP contribution in [0.5, 0.6) is 0 Å². The third-order valence-corrected chi connectivity index (χ3v) is 3.56. The molecule has 76 valence electrons. The molecule has 0 radical (unpaired) electrons. The van der Waals surface area contributed by atoms with Crippen LogP contribution in [-0.2, 0) is 12.8 Å². The summed E-state index contributed by atoms with van der Waals surface area (Å²) in [5.74, 6) is 0.626. The summed E-state index contributed by atoms with van der Waals surface area (Å²) in [4.78, 5) is 0. The number of halogens is 1. The van der Waals surface area contributed by atoms with E-state index in [1.54, 1.807) is 0 Å². The van der Waals surface area contributed by atoms with Gasteiger partial charge in [-0.3, -0.25) is 0 Å². The first kappa shape index (κ1) is 10.0. The molecule has 1 nitrogen and oxygen atoms in total. The summed E-state index contributed by atoms with van der Waals surface area (Å²) in [6.45, 7) is 2.10. The van der Waals surface area contributed by atoms with Crippen LogP contribution < -0.4 is 5.73 Å². The van der Waals surface area contributed by atoms with Crippen molar-refractivity contribution >= 4 is 11.6 Å². The molecule has 1 aromatic carbocycles. The first-order valence-corrected chi connectivity index (χ1v) is 5.58. The Balaban J connectivity index is 2.27. The molecule has 0 aromatic heterocycles. The molecule has 0 amide bonds. The molecule has 0 aliphatic heterocycles. The van der Waals surface area contributed by atoms with E-state index in [0.717, 1.165) is 17.9 Å². The molecule has 2 heteroatoms. The summed E-state index contributed by atoms with van der Waals surface area (Å²) < 4.78 is 0. The van der Waals surface area contributed by atoms with Crippen molar-refractivity contribution < 1.29 is 0 Å². The van der Waals surface area contributed by atoms with Crippen LogP contribution in [0.1, 0.15) is 24.5 Å². The van der Waals surface area contributed by atoms with Gasteiger partial charge in [-0.2, -0.15) is 0 Å². The Morgan fingerprint density at radius 1 is 1.50 bits per heavy atom. The first-order chi connectivity index (χ1) is 6.68. The van der Waals surface area contributed by atoms with Gasteiger partial charge < -0.3 is 5.73 Å². The molecule has 0 saturated heterocycles. The van der Waals surface area contributed by atoms with Crippen molar-refractivity contribution in [1.29, 1.82) is 0 Å². The maximum atomic E-state index is 6.14. The predicted molar refractivity (Wildman–Crippen MR) is 60.6 cm³/mol. The van der Waals surface area contributed by atoms with E-state index in [-0.39, 0.29) is 0 Å². The monoisotopic (exact) mass is 209 g/mol. The van der Waals surface area contributed by atoms with E-state index in [4.69, 9.17) is 17.3 Å². The molecule has 0 bridgehead atoms. The third-order valence-electron chi connectivity index (χ3n) is 3.21. The van der Waals surface area contributed by atoms with Crippen LogP contribution in [0.3, 0.4) is 0 Å². The highest BCUT2D eigenvalue weighted by molar-refractivity contribution is 6.31. The van der Waals surface area contributed by atoms with Crippen molar-refractivity contribution in [2.24, 2.45) is 11.7 Å². The molecule has 0 fully saturated rings. The Bertz CT molecular complexity index is 333. The highest BCUT2D eigenvalue weighted by Crippen LogP contribution is 2.31. The van der Waals surface area contributed by atoms with Crippen LogP contribution in [-0.4, -0.2) is 6.04 Å². The zero-order chi connectivity index (χ0) is 10.1. The van der Waals surface area contributed by atoms with Crippen LogP contribution in [0.2, 0.25) is 5.02 Å². The quantitative estimate of drug-likeness (QED) is 0.757. The van der Waals surface area contributed by atoms with E-state index in [2.05, 4.69) is 13.0 Å². The summed E-state index contributed by atoms with van der Waals surface area (Å²) in [5.41, 5.74) is 8.66. The summed E-state index contributed by atoms with van der Waals surface area (Å²) in [7, 11) is 0. The van der Waals surface area contributed by atoms with Gasteiger partial charge in [-0.25, -0.2) is 0 Å². The fourth-order valence-electron chi connectivity index (χ4n) is 2.24. The SMILES string of the molecule is CC(N)C1CCc2c(Cl)cccc2C1. The molecule has 1 aliphatic rings. The number of fused-ring (bicyclic) bond motifs is 1. The van der Waals surface area contributed by atoms with Gasteiger partial charge in [-0.05, 0) is 49.3 Å². The van der Waals surface area contributed by atoms with E-state index in [1.165, 1.54) is 17.5 Å². The highest BCUT2D eigenvalue weighted by atomic mass is 35.5. The van der Waals surface area contributed by atoms with Crippen molar-refractivity contribution in [2.75, 3.05) is 0 Å². The maximum absolute atomic E-state index is 6.14. The second-order valence-corrected chi connectivity index (χ2v) is 4.65. The molecule has 14 heavy (non-hydrogen) atoms. The number of rotatable bonds is 1. The molecule has 0 spiro atoms. The van der Waals surface area contributed by atoms with Crippen molar-refractivity contribution in [3.63, 3.8) is 0 Å². The standard InChI is InChI=1S/C12H16ClN/c1-8(14)9-5-6-11-10(7-9)3-2-4-12(11)13/h2-4,8-9H,5-7,14H2,1H3. The molecule has 1 aliphatic carbocycles. The average Bonchev–Trinajstić information content (AvgIpc) is 2.17. The molecular formula is C12H16ClN. The van der Waals surface area contributed by atoms with E-state index in [0.29, 0.717) is 12.0 Å². The predicted octanol–water partition coefficient (Wildman–Crippen LogP) is 2.79. The molecule has 2 N–H and O–H groups in total. The van der Waals surface area contributed by atoms with Gasteiger partial charge in [0.15, 0.2) is 0 Å². The molecule has 2 rings (SSSR count). The topological polar surface area (TPSA) is 26.0 Å². The Kier molecular flexibility index (Phi) is 2.80. The fourth-order valence-corrected chi connectivity index (χ4v) is 2.53. The first-order valence-electron chi connectivity index (χ1n) is 5.20. The minimum atomic E-state index is 0.294. The van der Waals surface area contributed by atoms with Crippen LogP contribution in [0.4, 0.5) is 0 Å². The minimum absolute atomic E-state index is 0.294. The van der Waals surface area contributed by atoms with E-state index in [9.17, 15) is 0 Å². The lowest BCUT2D eigenvalue weighted by Gasteiger charge is -2.27. The van der Waals surface area contributed by atoms with Gasteiger partial charge in [0, 0.05) is 11.1 Å². The number of benzene rings is 1. The summed E-state index contributed by atoms with van der Waals surface area (Å²) in [6.07, 6.45) is 3.35. The van der Waals surface area contributed by atoms with Gasteiger partial charge in [0.05, 0.1) is 0 Å². The fraction of sp³-hybridized carbons (Fsp3) is 0.500. The zero-order valence-corrected chi connectivity index (χ0v) is 9.22. The van der Waals surface area contributed by atoms with Gasteiger partial charge in [0.25, 0.3) is 0 Å². The molecule has 2 atom stereocenters. The lowest BCUT2D eigenvalue weighted by molar-refractivity contribution is 0.393. The normalized spacial score (nSPS) is 22.9. The van der Waals surface area contributed by atoms with Crippen LogP contribution in [0.15, 0.2) is 18.2 Å². The Morgan fingerprint density at radius 2 is 2.29 bits per heavy atom. The number of hydrogen-bond donors (Lipinski definition) is 1. The lowest BCUT2D eigenvalue weighted by Crippen LogP contribution is -2.31. The minimum Gasteiger partial charge on any atom is -0.328 e. The van der Waals surface area contributed by atoms with Gasteiger partial charge >= 0.3 is 0 Å². The Morgan fingerprint density at radius 3 is 3.00 bits per heavy atom. The van der Waals surface area contributed by atoms with Gasteiger partial charge in [-0.1, -0.05) is 23.7 Å². The molecule has 1 aromatic rings. The Hall–Kier alpha value is -0.530. The Labute approximate surface area is 90.3 Å². The smallest absolute Gasteiger partial charge is 0.0440 e. The summed E-state index contributed by atoms with van der Waals surface area (Å²) in [5, 5.41) is 0.922. The summed E-state index contributed by atoms with van der Waals surface area (Å²) >= 11 is 6.14. The maximum Gasteiger partial charge on any atom is 0.0440 e. The van der Waals surface area contributed by atoms with E-state index in [1.807, 2.05) is 12.1 Å². The van der Waals surface area contributed by atoms with E-state index < -0.39 is 0 Å². The number of nitrogens with two attached hydrogens (primary N) is 1. The molecule has 0 heterocycles. The third kappa shape index (κ3) is 1.79. The van der Waals surface area contributed by atoms with Gasteiger partial charge in [0.2, 0.25) is 0 Å². The largest absolute Gasteiger partial charge is 0.328 e. The second kappa shape index (κ2) is 3.92. The van der Waals surface area contributed by atoms with Crippen LogP contribution in [0, 0.1) is 5.92 Å². The molecular weight excluding hydrogens is 194 g/mol. The second-order valence-electron chi connectivity index (χ2n) is 4.24. The van der Waals surface area contributed by atoms with Crippen molar-refractivity contribution in [3.8, 4) is 0 Å². The number of hydrogen-bond acceptors (Lipinski definition) is 1. The van der Waals surface area contributed by atoms with Gasteiger partial charge in [-0.15, -0.1) is 0 Å². The zero-order valence-electron chi connectivity index (χ0n) is 8.46. The summed E-state index contributed by atoms with van der Waals surface area (Å²) in [6, 6.07) is 6.48. The van der Waals surface area contributed by atoms with Crippen molar-refractivity contribution in [2.45, 2.75) is 32.2 Å². The average molecular weight is 210 g/mol.